The van der Waals surface area contributed by atoms with Gasteiger partial charge in [0.2, 0.25) is 0 Å². The average molecular weight is 290 g/mol. The molecule has 2 saturated carbocycles. The van der Waals surface area contributed by atoms with Gasteiger partial charge in [0, 0.05) is 11.8 Å². The van der Waals surface area contributed by atoms with Crippen LogP contribution >= 0.6 is 0 Å². The van der Waals surface area contributed by atoms with E-state index < -0.39 is 0 Å². The number of nitrogens with zero attached hydrogens (tertiary/aromatic N) is 2. The second-order valence-corrected chi connectivity index (χ2v) is 7.95. The Labute approximate surface area is 126 Å². The van der Waals surface area contributed by atoms with Gasteiger partial charge in [-0.1, -0.05) is 38.0 Å². The van der Waals surface area contributed by atoms with Crippen molar-refractivity contribution < 1.29 is 9.68 Å². The summed E-state index contributed by atoms with van der Waals surface area (Å²) in [5.74, 6) is 2.05. The van der Waals surface area contributed by atoms with Crippen LogP contribution < -0.4 is 0 Å². The van der Waals surface area contributed by atoms with Crippen molar-refractivity contribution in [1.29, 1.82) is 0 Å². The Bertz CT molecular complexity index is 463. The van der Waals surface area contributed by atoms with Crippen LogP contribution in [0.4, 0.5) is 0 Å². The molecule has 0 aromatic heterocycles. The molecule has 1 spiro atoms. The first-order valence-corrected chi connectivity index (χ1v) is 8.53. The van der Waals surface area contributed by atoms with E-state index in [1.54, 1.807) is 0 Å². The smallest absolute Gasteiger partial charge is 0.138 e. The normalized spacial score (nSPS) is 39.3. The van der Waals surface area contributed by atoms with Crippen molar-refractivity contribution in [3.05, 3.63) is 0 Å². The summed E-state index contributed by atoms with van der Waals surface area (Å²) in [6.45, 7) is 8.93. The van der Waals surface area contributed by atoms with Crippen LogP contribution in [0.1, 0.15) is 53.4 Å². The molecule has 116 valence electrons. The van der Waals surface area contributed by atoms with Gasteiger partial charge in [-0.3, -0.25) is 0 Å². The van der Waals surface area contributed by atoms with Gasteiger partial charge in [0.25, 0.3) is 0 Å². The van der Waals surface area contributed by atoms with Gasteiger partial charge in [-0.05, 0) is 37.5 Å². The molecular weight excluding hydrogens is 264 g/mol. The molecular formula is C17H26N2O2. The van der Waals surface area contributed by atoms with Crippen LogP contribution in [0.2, 0.25) is 0 Å². The van der Waals surface area contributed by atoms with E-state index in [2.05, 4.69) is 38.0 Å². The maximum Gasteiger partial charge on any atom is 0.138 e. The number of hydrogen-bond acceptors (Lipinski definition) is 4. The van der Waals surface area contributed by atoms with E-state index in [0.717, 1.165) is 0 Å². The second-order valence-electron chi connectivity index (χ2n) is 7.95. The molecule has 2 aliphatic heterocycles. The molecule has 0 saturated heterocycles. The Morgan fingerprint density at radius 3 is 1.67 bits per heavy atom. The number of rotatable bonds is 2. The predicted molar refractivity (Wildman–Crippen MR) is 82.2 cm³/mol. The van der Waals surface area contributed by atoms with Crippen molar-refractivity contribution in [3.8, 4) is 0 Å². The molecule has 21 heavy (non-hydrogen) atoms. The molecule has 4 nitrogen and oxygen atoms in total. The van der Waals surface area contributed by atoms with E-state index in [4.69, 9.17) is 9.68 Å². The highest BCUT2D eigenvalue weighted by atomic mass is 16.6. The first-order chi connectivity index (χ1) is 10.0. The standard InChI is InChI=1S/C17H26N2O2/c1-9(2)13-11-5-7-17(15(11)18-20-13)8-6-12-14(10(3)4)21-19-16(12)17/h9-14H,5-8H2,1-4H3/t11-,12-,13+,14+,17?/m0/s1. The monoisotopic (exact) mass is 290 g/mol. The highest BCUT2D eigenvalue weighted by Gasteiger charge is 2.62. The summed E-state index contributed by atoms with van der Waals surface area (Å²) in [5, 5.41) is 9.09. The van der Waals surface area contributed by atoms with E-state index in [1.165, 1.54) is 37.1 Å². The molecule has 2 fully saturated rings. The van der Waals surface area contributed by atoms with Gasteiger partial charge < -0.3 is 9.68 Å². The van der Waals surface area contributed by atoms with Crippen molar-refractivity contribution in [2.45, 2.75) is 65.6 Å². The molecule has 4 aliphatic rings. The maximum absolute atomic E-state index is 5.78. The quantitative estimate of drug-likeness (QED) is 0.779. The van der Waals surface area contributed by atoms with Crippen molar-refractivity contribution in [2.75, 3.05) is 0 Å². The van der Waals surface area contributed by atoms with E-state index in [1.807, 2.05) is 0 Å². The molecule has 2 heterocycles. The van der Waals surface area contributed by atoms with Crippen molar-refractivity contribution in [3.63, 3.8) is 0 Å². The lowest BCUT2D eigenvalue weighted by molar-refractivity contribution is 0.0244. The third kappa shape index (κ3) is 1.68. The molecule has 2 aliphatic carbocycles. The highest BCUT2D eigenvalue weighted by Crippen LogP contribution is 2.57. The summed E-state index contributed by atoms with van der Waals surface area (Å²) in [6.07, 6.45) is 5.29. The lowest BCUT2D eigenvalue weighted by Crippen LogP contribution is -2.36. The zero-order chi connectivity index (χ0) is 14.8. The molecule has 0 aromatic carbocycles. The van der Waals surface area contributed by atoms with Gasteiger partial charge in [-0.15, -0.1) is 0 Å². The summed E-state index contributed by atoms with van der Waals surface area (Å²) in [6, 6.07) is 0. The van der Waals surface area contributed by atoms with Crippen molar-refractivity contribution in [1.82, 2.24) is 0 Å². The fourth-order valence-corrected chi connectivity index (χ4v) is 5.06. The predicted octanol–water partition coefficient (Wildman–Crippen LogP) is 3.61. The number of oxime groups is 2. The van der Waals surface area contributed by atoms with E-state index in [0.29, 0.717) is 23.7 Å². The van der Waals surface area contributed by atoms with Crippen LogP contribution in [0.25, 0.3) is 0 Å². The van der Waals surface area contributed by atoms with Crippen LogP contribution in [0, 0.1) is 29.1 Å². The van der Waals surface area contributed by atoms with Crippen LogP contribution in [-0.4, -0.2) is 23.6 Å². The second kappa shape index (κ2) is 4.47. The molecule has 4 rings (SSSR count). The number of fused-ring (bicyclic) bond motifs is 4. The van der Waals surface area contributed by atoms with Gasteiger partial charge in [-0.2, -0.15) is 0 Å². The zero-order valence-electron chi connectivity index (χ0n) is 13.5. The Morgan fingerprint density at radius 1 is 0.857 bits per heavy atom. The van der Waals surface area contributed by atoms with Crippen LogP contribution in [0.15, 0.2) is 10.3 Å². The first-order valence-electron chi connectivity index (χ1n) is 8.53. The fourth-order valence-electron chi connectivity index (χ4n) is 5.06. The van der Waals surface area contributed by atoms with Gasteiger partial charge in [-0.25, -0.2) is 0 Å². The van der Waals surface area contributed by atoms with E-state index in [-0.39, 0.29) is 17.6 Å². The molecule has 0 unspecified atom stereocenters. The van der Waals surface area contributed by atoms with Crippen LogP contribution in [0.5, 0.6) is 0 Å². The van der Waals surface area contributed by atoms with E-state index in [9.17, 15) is 0 Å². The molecule has 0 N–H and O–H groups in total. The van der Waals surface area contributed by atoms with Gasteiger partial charge in [0.15, 0.2) is 0 Å². The summed E-state index contributed by atoms with van der Waals surface area (Å²) in [4.78, 5) is 11.6. The molecule has 4 atom stereocenters. The minimum atomic E-state index is 0.0720. The topological polar surface area (TPSA) is 43.2 Å². The van der Waals surface area contributed by atoms with Crippen LogP contribution in [0.3, 0.4) is 0 Å². The number of hydrogen-bond donors (Lipinski definition) is 0. The summed E-state index contributed by atoms with van der Waals surface area (Å²) in [7, 11) is 0. The van der Waals surface area contributed by atoms with Gasteiger partial charge >= 0.3 is 0 Å². The Balaban J connectivity index is 1.63. The van der Waals surface area contributed by atoms with Gasteiger partial charge in [0.1, 0.15) is 12.2 Å². The SMILES string of the molecule is CC(C)[C@H]1ON=C2[C@H]1CCC21CC[C@@H]2C1=NO[C@@H]2C(C)C. The molecule has 0 amide bonds. The van der Waals surface area contributed by atoms with Crippen molar-refractivity contribution in [2.24, 2.45) is 39.4 Å². The molecule has 0 aromatic rings. The Kier molecular flexibility index (Phi) is 2.89. The van der Waals surface area contributed by atoms with Gasteiger partial charge in [0.05, 0.1) is 16.8 Å². The third-order valence-corrected chi connectivity index (χ3v) is 6.10. The molecule has 4 heteroatoms. The zero-order valence-corrected chi connectivity index (χ0v) is 13.5. The Morgan fingerprint density at radius 2 is 1.29 bits per heavy atom. The highest BCUT2D eigenvalue weighted by molar-refractivity contribution is 6.16. The molecule has 0 radical (unpaired) electrons. The van der Waals surface area contributed by atoms with Crippen LogP contribution in [-0.2, 0) is 9.68 Å². The summed E-state index contributed by atoms with van der Waals surface area (Å²) < 4.78 is 0. The maximum atomic E-state index is 5.78. The largest absolute Gasteiger partial charge is 0.392 e. The summed E-state index contributed by atoms with van der Waals surface area (Å²) >= 11 is 0. The minimum absolute atomic E-state index is 0.0720. The van der Waals surface area contributed by atoms with E-state index >= 15 is 0 Å². The summed E-state index contributed by atoms with van der Waals surface area (Å²) in [5.41, 5.74) is 2.65. The fraction of sp³-hybridized carbons (Fsp3) is 0.882. The first kappa shape index (κ1) is 13.6. The third-order valence-electron chi connectivity index (χ3n) is 6.10. The lowest BCUT2D eigenvalue weighted by Gasteiger charge is -2.23. The lowest BCUT2D eigenvalue weighted by atomic mass is 9.77. The van der Waals surface area contributed by atoms with Crippen molar-refractivity contribution >= 4 is 11.4 Å². The molecule has 0 bridgehead atoms. The minimum Gasteiger partial charge on any atom is -0.392 e. The Hall–Kier alpha value is -1.06. The average Bonchev–Trinajstić information content (AvgIpc) is 3.14.